The van der Waals surface area contributed by atoms with Crippen molar-refractivity contribution < 1.29 is 19.4 Å². The molecule has 2 rings (SSSR count). The van der Waals surface area contributed by atoms with Crippen molar-refractivity contribution in [3.8, 4) is 0 Å². The molecule has 0 fully saturated rings. The van der Waals surface area contributed by atoms with Gasteiger partial charge in [0, 0.05) is 11.9 Å². The van der Waals surface area contributed by atoms with Gasteiger partial charge < -0.3 is 15.2 Å². The first kappa shape index (κ1) is 15.5. The second-order valence-corrected chi connectivity index (χ2v) is 4.58. The first-order chi connectivity index (χ1) is 10.6. The molecule has 1 aromatic heterocycles. The molecule has 6 nitrogen and oxygen atoms in total. The fraction of sp³-hybridized carbons (Fsp3) is 0.188. The van der Waals surface area contributed by atoms with Crippen LogP contribution in [0.5, 0.6) is 0 Å². The van der Waals surface area contributed by atoms with Crippen LogP contribution in [0.25, 0.3) is 0 Å². The lowest BCUT2D eigenvalue weighted by atomic mass is 10.1. The summed E-state index contributed by atoms with van der Waals surface area (Å²) >= 11 is 0. The smallest absolute Gasteiger partial charge is 0.339 e. The standard InChI is InChI=1S/C16H16N2O4/c1-2-22-16(21)12-8-14(10-17-9-12)18-13-5-3-11(4-6-13)7-15(19)20/h3-6,8-10,18H,2,7H2,1H3,(H,19,20). The zero-order valence-electron chi connectivity index (χ0n) is 12.1. The number of ether oxygens (including phenoxy) is 1. The molecule has 0 radical (unpaired) electrons. The number of pyridine rings is 1. The van der Waals surface area contributed by atoms with Crippen molar-refractivity contribution in [1.82, 2.24) is 4.98 Å². The van der Waals surface area contributed by atoms with E-state index in [2.05, 4.69) is 10.3 Å². The molecule has 22 heavy (non-hydrogen) atoms. The van der Waals surface area contributed by atoms with Crippen LogP contribution in [-0.2, 0) is 16.0 Å². The van der Waals surface area contributed by atoms with E-state index < -0.39 is 11.9 Å². The predicted octanol–water partition coefficient (Wildman–Crippen LogP) is 2.63. The number of nitrogens with zero attached hydrogens (tertiary/aromatic N) is 1. The normalized spacial score (nSPS) is 10.0. The van der Waals surface area contributed by atoms with E-state index in [-0.39, 0.29) is 6.42 Å². The summed E-state index contributed by atoms with van der Waals surface area (Å²) in [6.07, 6.45) is 3.02. The maximum atomic E-state index is 11.7. The molecule has 1 heterocycles. The van der Waals surface area contributed by atoms with Crippen molar-refractivity contribution in [2.24, 2.45) is 0 Å². The van der Waals surface area contributed by atoms with Crippen molar-refractivity contribution in [2.45, 2.75) is 13.3 Å². The first-order valence-corrected chi connectivity index (χ1v) is 6.78. The number of aromatic nitrogens is 1. The number of carboxylic acid groups (broad SMARTS) is 1. The number of carboxylic acids is 1. The van der Waals surface area contributed by atoms with E-state index in [1.807, 2.05) is 0 Å². The van der Waals surface area contributed by atoms with Crippen LogP contribution in [0.1, 0.15) is 22.8 Å². The van der Waals surface area contributed by atoms with Crippen molar-refractivity contribution in [1.29, 1.82) is 0 Å². The maximum Gasteiger partial charge on any atom is 0.339 e. The highest BCUT2D eigenvalue weighted by Crippen LogP contribution is 2.18. The Kier molecular flexibility index (Phi) is 5.08. The number of esters is 1. The van der Waals surface area contributed by atoms with Crippen LogP contribution in [-0.4, -0.2) is 28.6 Å². The summed E-state index contributed by atoms with van der Waals surface area (Å²) in [6, 6.07) is 8.67. The van der Waals surface area contributed by atoms with E-state index in [1.165, 1.54) is 6.20 Å². The minimum atomic E-state index is -0.868. The summed E-state index contributed by atoms with van der Waals surface area (Å²) < 4.78 is 4.92. The minimum absolute atomic E-state index is 0.0137. The number of anilines is 2. The van der Waals surface area contributed by atoms with Crippen LogP contribution < -0.4 is 5.32 Å². The molecule has 0 saturated heterocycles. The lowest BCUT2D eigenvalue weighted by molar-refractivity contribution is -0.136. The molecule has 2 aromatic rings. The van der Waals surface area contributed by atoms with Gasteiger partial charge >= 0.3 is 11.9 Å². The highest BCUT2D eigenvalue weighted by molar-refractivity contribution is 5.90. The number of hydrogen-bond acceptors (Lipinski definition) is 5. The molecule has 114 valence electrons. The van der Waals surface area contributed by atoms with Gasteiger partial charge in [-0.15, -0.1) is 0 Å². The van der Waals surface area contributed by atoms with E-state index in [0.717, 1.165) is 11.3 Å². The maximum absolute atomic E-state index is 11.7. The summed E-state index contributed by atoms with van der Waals surface area (Å²) in [4.78, 5) is 26.3. The third-order valence-corrected chi connectivity index (χ3v) is 2.85. The molecule has 0 aliphatic rings. The quantitative estimate of drug-likeness (QED) is 0.797. The zero-order chi connectivity index (χ0) is 15.9. The lowest BCUT2D eigenvalue weighted by Crippen LogP contribution is -2.05. The number of aliphatic carboxylic acids is 1. The summed E-state index contributed by atoms with van der Waals surface area (Å²) in [7, 11) is 0. The van der Waals surface area contributed by atoms with Crippen LogP contribution >= 0.6 is 0 Å². The Balaban J connectivity index is 2.08. The molecule has 0 saturated carbocycles. The SMILES string of the molecule is CCOC(=O)c1cncc(Nc2ccc(CC(=O)O)cc2)c1. The molecule has 0 atom stereocenters. The number of hydrogen-bond donors (Lipinski definition) is 2. The third-order valence-electron chi connectivity index (χ3n) is 2.85. The molecule has 0 aliphatic carbocycles. The van der Waals surface area contributed by atoms with Crippen LogP contribution in [0.2, 0.25) is 0 Å². The summed E-state index contributed by atoms with van der Waals surface area (Å²) in [5.41, 5.74) is 2.51. The fourth-order valence-corrected chi connectivity index (χ4v) is 1.88. The molecule has 2 N–H and O–H groups in total. The second kappa shape index (κ2) is 7.21. The Hall–Kier alpha value is -2.89. The van der Waals surface area contributed by atoms with Crippen molar-refractivity contribution >= 4 is 23.3 Å². The van der Waals surface area contributed by atoms with Crippen molar-refractivity contribution in [2.75, 3.05) is 11.9 Å². The van der Waals surface area contributed by atoms with Gasteiger partial charge in [-0.05, 0) is 30.7 Å². The van der Waals surface area contributed by atoms with Gasteiger partial charge in [0.15, 0.2) is 0 Å². The Bertz CT molecular complexity index is 668. The largest absolute Gasteiger partial charge is 0.481 e. The van der Waals surface area contributed by atoms with Gasteiger partial charge in [0.2, 0.25) is 0 Å². The molecule has 0 aliphatic heterocycles. The van der Waals surface area contributed by atoms with Gasteiger partial charge in [-0.25, -0.2) is 4.79 Å². The highest BCUT2D eigenvalue weighted by Gasteiger charge is 2.08. The molecule has 0 amide bonds. The second-order valence-electron chi connectivity index (χ2n) is 4.58. The van der Waals surface area contributed by atoms with Gasteiger partial charge in [0.25, 0.3) is 0 Å². The van der Waals surface area contributed by atoms with E-state index in [4.69, 9.17) is 9.84 Å². The number of carbonyl (C=O) groups excluding carboxylic acids is 1. The van der Waals surface area contributed by atoms with Gasteiger partial charge in [-0.3, -0.25) is 9.78 Å². The Morgan fingerprint density at radius 1 is 1.18 bits per heavy atom. The van der Waals surface area contributed by atoms with E-state index >= 15 is 0 Å². The van der Waals surface area contributed by atoms with Crippen LogP contribution in [0.4, 0.5) is 11.4 Å². The third kappa shape index (κ3) is 4.31. The topological polar surface area (TPSA) is 88.5 Å². The van der Waals surface area contributed by atoms with Crippen molar-refractivity contribution in [3.05, 3.63) is 53.9 Å². The molecule has 0 bridgehead atoms. The number of benzene rings is 1. The monoisotopic (exact) mass is 300 g/mol. The minimum Gasteiger partial charge on any atom is -0.481 e. The van der Waals surface area contributed by atoms with E-state index in [1.54, 1.807) is 43.5 Å². The molecule has 1 aromatic carbocycles. The summed E-state index contributed by atoms with van der Waals surface area (Å²) in [5, 5.41) is 11.8. The number of rotatable bonds is 6. The summed E-state index contributed by atoms with van der Waals surface area (Å²) in [5.74, 6) is -1.29. The number of nitrogens with one attached hydrogen (secondary N) is 1. The molecule has 6 heteroatoms. The lowest BCUT2D eigenvalue weighted by Gasteiger charge is -2.08. The molecule has 0 spiro atoms. The predicted molar refractivity (Wildman–Crippen MR) is 81.3 cm³/mol. The van der Waals surface area contributed by atoms with E-state index in [0.29, 0.717) is 17.9 Å². The van der Waals surface area contributed by atoms with Gasteiger partial charge in [-0.1, -0.05) is 12.1 Å². The van der Waals surface area contributed by atoms with Crippen LogP contribution in [0.3, 0.4) is 0 Å². The average molecular weight is 300 g/mol. The van der Waals surface area contributed by atoms with Gasteiger partial charge in [0.1, 0.15) is 0 Å². The Labute approximate surface area is 127 Å². The Morgan fingerprint density at radius 2 is 1.91 bits per heavy atom. The van der Waals surface area contributed by atoms with E-state index in [9.17, 15) is 9.59 Å². The van der Waals surface area contributed by atoms with Gasteiger partial charge in [-0.2, -0.15) is 0 Å². The molecular formula is C16H16N2O4. The van der Waals surface area contributed by atoms with Crippen molar-refractivity contribution in [3.63, 3.8) is 0 Å². The molecular weight excluding hydrogens is 284 g/mol. The Morgan fingerprint density at radius 3 is 2.55 bits per heavy atom. The zero-order valence-corrected chi connectivity index (χ0v) is 12.1. The van der Waals surface area contributed by atoms with Gasteiger partial charge in [0.05, 0.1) is 30.5 Å². The van der Waals surface area contributed by atoms with Crippen LogP contribution in [0.15, 0.2) is 42.7 Å². The molecule has 0 unspecified atom stereocenters. The fourth-order valence-electron chi connectivity index (χ4n) is 1.88. The summed E-state index contributed by atoms with van der Waals surface area (Å²) in [6.45, 7) is 2.05. The van der Waals surface area contributed by atoms with Crippen LogP contribution in [0, 0.1) is 0 Å². The average Bonchev–Trinajstić information content (AvgIpc) is 2.49. The number of carbonyl (C=O) groups is 2. The first-order valence-electron chi connectivity index (χ1n) is 6.78. The highest BCUT2D eigenvalue weighted by atomic mass is 16.5.